The second-order valence-corrected chi connectivity index (χ2v) is 4.93. The molecule has 2 aliphatic heterocycles. The molecule has 116 valence electrons. The Morgan fingerprint density at radius 3 is 2.90 bits per heavy atom. The number of aliphatic hydroxyl groups excluding tert-OH is 1. The molecule has 2 amide bonds. The molecule has 0 bridgehead atoms. The van der Waals surface area contributed by atoms with Gasteiger partial charge in [-0.15, -0.1) is 0 Å². The van der Waals surface area contributed by atoms with E-state index in [1.807, 2.05) is 0 Å². The summed E-state index contributed by atoms with van der Waals surface area (Å²) in [6, 6.07) is -0.739. The van der Waals surface area contributed by atoms with Gasteiger partial charge >= 0.3 is 6.03 Å². The van der Waals surface area contributed by atoms with E-state index in [0.717, 1.165) is 11.1 Å². The minimum atomic E-state index is -2.12. The maximum absolute atomic E-state index is 14.2. The number of urea groups is 1. The highest BCUT2D eigenvalue weighted by molar-refractivity contribution is 5.96. The standard InChI is InChI=1S/C13H18FN3O4/c1-2-3-10(19)13(15)9(14)6-17(12(20)16-13)11-5-4-8(7-18)21-11/h4-6,8,11,18H,2-3,7,15H2,1H3,(H,16,20)/t8-,11+,13?/m0/s1. The molecule has 0 aliphatic carbocycles. The van der Waals surface area contributed by atoms with Crippen LogP contribution in [0.4, 0.5) is 9.18 Å². The number of ether oxygens (including phenoxy) is 1. The van der Waals surface area contributed by atoms with Crippen molar-refractivity contribution in [1.82, 2.24) is 10.2 Å². The molecule has 0 aromatic carbocycles. The van der Waals surface area contributed by atoms with Crippen LogP contribution in [-0.2, 0) is 9.53 Å². The minimum absolute atomic E-state index is 0.0600. The van der Waals surface area contributed by atoms with Crippen LogP contribution in [0.3, 0.4) is 0 Å². The summed E-state index contributed by atoms with van der Waals surface area (Å²) in [5.74, 6) is -1.55. The lowest BCUT2D eigenvalue weighted by atomic mass is 9.99. The molecule has 0 saturated carbocycles. The van der Waals surface area contributed by atoms with Gasteiger partial charge in [-0.2, -0.15) is 0 Å². The number of nitrogens with two attached hydrogens (primary N) is 1. The number of rotatable bonds is 5. The van der Waals surface area contributed by atoms with E-state index in [1.165, 1.54) is 6.08 Å². The van der Waals surface area contributed by atoms with Crippen molar-refractivity contribution in [2.24, 2.45) is 5.73 Å². The lowest BCUT2D eigenvalue weighted by molar-refractivity contribution is -0.124. The van der Waals surface area contributed by atoms with Crippen LogP contribution >= 0.6 is 0 Å². The zero-order chi connectivity index (χ0) is 15.6. The van der Waals surface area contributed by atoms with Crippen LogP contribution in [0, 0.1) is 0 Å². The van der Waals surface area contributed by atoms with Crippen LogP contribution in [0.25, 0.3) is 0 Å². The first-order valence-electron chi connectivity index (χ1n) is 6.67. The van der Waals surface area contributed by atoms with Crippen molar-refractivity contribution < 1.29 is 23.8 Å². The Labute approximate surface area is 121 Å². The fraction of sp³-hybridized carbons (Fsp3) is 0.538. The fourth-order valence-corrected chi connectivity index (χ4v) is 2.14. The molecule has 0 saturated heterocycles. The summed E-state index contributed by atoms with van der Waals surface area (Å²) >= 11 is 0. The Kier molecular flexibility index (Phi) is 4.40. The highest BCUT2D eigenvalue weighted by Crippen LogP contribution is 2.25. The van der Waals surface area contributed by atoms with E-state index in [4.69, 9.17) is 15.6 Å². The van der Waals surface area contributed by atoms with Gasteiger partial charge in [-0.05, 0) is 12.5 Å². The van der Waals surface area contributed by atoms with E-state index in [-0.39, 0.29) is 13.0 Å². The molecule has 2 heterocycles. The molecular formula is C13H18FN3O4. The molecule has 8 heteroatoms. The number of aliphatic hydroxyl groups is 1. The van der Waals surface area contributed by atoms with Crippen molar-refractivity contribution >= 4 is 11.8 Å². The van der Waals surface area contributed by atoms with E-state index >= 15 is 0 Å². The number of amides is 2. The number of hydrogen-bond donors (Lipinski definition) is 3. The summed E-state index contributed by atoms with van der Waals surface area (Å²) in [6.07, 6.45) is 3.10. The van der Waals surface area contributed by atoms with Gasteiger partial charge in [-0.1, -0.05) is 13.0 Å². The number of hydrogen-bond acceptors (Lipinski definition) is 5. The van der Waals surface area contributed by atoms with Crippen LogP contribution in [0.1, 0.15) is 19.8 Å². The molecule has 7 nitrogen and oxygen atoms in total. The topological polar surface area (TPSA) is 105 Å². The quantitative estimate of drug-likeness (QED) is 0.625. The summed E-state index contributed by atoms with van der Waals surface area (Å²) in [5.41, 5.74) is 3.56. The van der Waals surface area contributed by atoms with E-state index in [9.17, 15) is 14.0 Å². The Morgan fingerprint density at radius 2 is 2.33 bits per heavy atom. The second-order valence-electron chi connectivity index (χ2n) is 4.93. The molecule has 4 N–H and O–H groups in total. The van der Waals surface area contributed by atoms with E-state index in [1.54, 1.807) is 13.0 Å². The summed E-state index contributed by atoms with van der Waals surface area (Å²) in [6.45, 7) is 1.51. The number of carbonyl (C=O) groups excluding carboxylic acids is 2. The lowest BCUT2D eigenvalue weighted by Crippen LogP contribution is -2.67. The van der Waals surface area contributed by atoms with Crippen LogP contribution in [0.2, 0.25) is 0 Å². The zero-order valence-electron chi connectivity index (χ0n) is 11.6. The van der Waals surface area contributed by atoms with Crippen molar-refractivity contribution in [1.29, 1.82) is 0 Å². The fourth-order valence-electron chi connectivity index (χ4n) is 2.14. The van der Waals surface area contributed by atoms with Gasteiger partial charge in [-0.3, -0.25) is 15.4 Å². The van der Waals surface area contributed by atoms with E-state index in [0.29, 0.717) is 6.42 Å². The molecule has 0 aromatic heterocycles. The summed E-state index contributed by atoms with van der Waals surface area (Å²) in [4.78, 5) is 24.9. The van der Waals surface area contributed by atoms with Crippen molar-refractivity contribution in [2.75, 3.05) is 6.61 Å². The molecule has 2 rings (SSSR count). The monoisotopic (exact) mass is 299 g/mol. The number of carbonyl (C=O) groups is 2. The Balaban J connectivity index is 2.19. The molecule has 0 radical (unpaired) electrons. The number of Topliss-reactive ketones (excluding diaryl/α,β-unsaturated/α-hetero) is 1. The first kappa shape index (κ1) is 15.6. The van der Waals surface area contributed by atoms with Crippen LogP contribution in [0.15, 0.2) is 24.2 Å². The molecule has 1 unspecified atom stereocenters. The highest BCUT2D eigenvalue weighted by atomic mass is 19.1. The SMILES string of the molecule is CCCC(=O)C1(N)NC(=O)N([C@H]2C=C[C@@H](CO)O2)C=C1F. The third kappa shape index (κ3) is 2.82. The van der Waals surface area contributed by atoms with Crippen molar-refractivity contribution in [3.8, 4) is 0 Å². The van der Waals surface area contributed by atoms with Crippen LogP contribution in [-0.4, -0.2) is 46.4 Å². The largest absolute Gasteiger partial charge is 0.393 e. The number of halogens is 1. The molecule has 0 fully saturated rings. The number of ketones is 1. The van der Waals surface area contributed by atoms with Gasteiger partial charge in [-0.25, -0.2) is 9.18 Å². The van der Waals surface area contributed by atoms with Crippen molar-refractivity contribution in [2.45, 2.75) is 37.8 Å². The van der Waals surface area contributed by atoms with Gasteiger partial charge in [0.2, 0.25) is 5.66 Å². The third-order valence-corrected chi connectivity index (χ3v) is 3.34. The van der Waals surface area contributed by atoms with Gasteiger partial charge in [0.25, 0.3) is 0 Å². The molecule has 0 aromatic rings. The predicted octanol–water partition coefficient (Wildman–Crippen LogP) is 0.120. The molecule has 0 spiro atoms. The third-order valence-electron chi connectivity index (χ3n) is 3.34. The summed E-state index contributed by atoms with van der Waals surface area (Å²) in [5, 5.41) is 11.1. The van der Waals surface area contributed by atoms with Gasteiger partial charge in [0.15, 0.2) is 17.8 Å². The highest BCUT2D eigenvalue weighted by Gasteiger charge is 2.45. The summed E-state index contributed by atoms with van der Waals surface area (Å²) in [7, 11) is 0. The first-order chi connectivity index (χ1) is 9.92. The smallest absolute Gasteiger partial charge is 0.326 e. The van der Waals surface area contributed by atoms with Crippen molar-refractivity contribution in [3.63, 3.8) is 0 Å². The van der Waals surface area contributed by atoms with E-state index in [2.05, 4.69) is 5.32 Å². The zero-order valence-corrected chi connectivity index (χ0v) is 11.6. The van der Waals surface area contributed by atoms with Crippen LogP contribution in [0.5, 0.6) is 0 Å². The summed E-state index contributed by atoms with van der Waals surface area (Å²) < 4.78 is 19.5. The minimum Gasteiger partial charge on any atom is -0.393 e. The average molecular weight is 299 g/mol. The predicted molar refractivity (Wildman–Crippen MR) is 71.3 cm³/mol. The van der Waals surface area contributed by atoms with Gasteiger partial charge in [0, 0.05) is 12.6 Å². The Hall–Kier alpha value is -1.77. The van der Waals surface area contributed by atoms with E-state index < -0.39 is 35.6 Å². The second kappa shape index (κ2) is 5.92. The maximum Gasteiger partial charge on any atom is 0.326 e. The molecule has 3 atom stereocenters. The first-order valence-corrected chi connectivity index (χ1v) is 6.67. The molecule has 2 aliphatic rings. The maximum atomic E-state index is 14.2. The lowest BCUT2D eigenvalue weighted by Gasteiger charge is -2.36. The Morgan fingerprint density at radius 1 is 1.62 bits per heavy atom. The number of nitrogens with zero attached hydrogens (tertiary/aromatic N) is 1. The normalized spacial score (nSPS) is 32.1. The van der Waals surface area contributed by atoms with Gasteiger partial charge in [0.1, 0.15) is 6.10 Å². The van der Waals surface area contributed by atoms with Gasteiger partial charge < -0.3 is 15.2 Å². The van der Waals surface area contributed by atoms with Crippen molar-refractivity contribution in [3.05, 3.63) is 24.2 Å². The molecule has 21 heavy (non-hydrogen) atoms. The Bertz CT molecular complexity index is 508. The van der Waals surface area contributed by atoms with Crippen LogP contribution < -0.4 is 11.1 Å². The number of nitrogens with one attached hydrogen (secondary N) is 1. The molecular weight excluding hydrogens is 281 g/mol. The average Bonchev–Trinajstić information content (AvgIpc) is 2.91. The van der Waals surface area contributed by atoms with Gasteiger partial charge in [0.05, 0.1) is 6.61 Å².